The smallest absolute Gasteiger partial charge is 0.310 e. The lowest BCUT2D eigenvalue weighted by molar-refractivity contribution is -0.166. The average Bonchev–Trinajstić information content (AvgIpc) is 2.74. The van der Waals surface area contributed by atoms with Crippen LogP contribution in [0.1, 0.15) is 59.8 Å². The van der Waals surface area contributed by atoms with Gasteiger partial charge in [0, 0.05) is 0 Å². The zero-order valence-corrected chi connectivity index (χ0v) is 12.4. The lowest BCUT2D eigenvalue weighted by atomic mass is 9.84. The third-order valence-corrected chi connectivity index (χ3v) is 3.76. The summed E-state index contributed by atoms with van der Waals surface area (Å²) in [6.45, 7) is 7.06. The van der Waals surface area contributed by atoms with Crippen molar-refractivity contribution in [3.8, 4) is 0 Å². The van der Waals surface area contributed by atoms with Crippen LogP contribution in [0.25, 0.3) is 0 Å². The number of hydrogen-bond donors (Lipinski definition) is 1. The summed E-state index contributed by atoms with van der Waals surface area (Å²) in [6.07, 6.45) is 5.13. The van der Waals surface area contributed by atoms with E-state index in [1.165, 1.54) is 12.8 Å². The topological polar surface area (TPSA) is 63.6 Å². The van der Waals surface area contributed by atoms with Gasteiger partial charge in [0.25, 0.3) is 0 Å². The fourth-order valence-electron chi connectivity index (χ4n) is 2.68. The molecule has 0 heterocycles. The lowest BCUT2D eigenvalue weighted by Gasteiger charge is -2.26. The van der Waals surface area contributed by atoms with E-state index in [-0.39, 0.29) is 0 Å². The van der Waals surface area contributed by atoms with Gasteiger partial charge in [-0.05, 0) is 33.1 Å². The van der Waals surface area contributed by atoms with Crippen LogP contribution in [0, 0.1) is 17.8 Å². The normalized spacial score (nSPS) is 20.0. The van der Waals surface area contributed by atoms with Crippen molar-refractivity contribution in [3.63, 3.8) is 0 Å². The highest BCUT2D eigenvalue weighted by Gasteiger charge is 2.35. The number of carbonyl (C=O) groups is 2. The van der Waals surface area contributed by atoms with Gasteiger partial charge in [-0.15, -0.1) is 0 Å². The molecule has 0 unspecified atom stereocenters. The lowest BCUT2D eigenvalue weighted by Crippen LogP contribution is -2.34. The van der Waals surface area contributed by atoms with Crippen molar-refractivity contribution in [1.82, 2.24) is 0 Å². The maximum absolute atomic E-state index is 12.0. The number of hydrogen-bond acceptors (Lipinski definition) is 3. The zero-order valence-electron chi connectivity index (χ0n) is 12.4. The Balaban J connectivity index is 2.64. The van der Waals surface area contributed by atoms with E-state index in [0.717, 1.165) is 12.8 Å². The second-order valence-electron chi connectivity index (χ2n) is 6.65. The third kappa shape index (κ3) is 5.21. The first-order chi connectivity index (χ1) is 8.70. The summed E-state index contributed by atoms with van der Waals surface area (Å²) >= 11 is 0. The molecule has 1 aliphatic carbocycles. The molecule has 0 bridgehead atoms. The molecule has 1 rings (SSSR count). The molecule has 2 atom stereocenters. The van der Waals surface area contributed by atoms with E-state index in [1.54, 1.807) is 27.7 Å². The van der Waals surface area contributed by atoms with Crippen LogP contribution >= 0.6 is 0 Å². The molecule has 4 nitrogen and oxygen atoms in total. The fraction of sp³-hybridized carbons (Fsp3) is 0.867. The predicted molar refractivity (Wildman–Crippen MR) is 72.7 cm³/mol. The molecule has 0 saturated heterocycles. The van der Waals surface area contributed by atoms with Gasteiger partial charge >= 0.3 is 11.9 Å². The molecule has 1 fully saturated rings. The Bertz CT molecular complexity index is 324. The Morgan fingerprint density at radius 1 is 1.26 bits per heavy atom. The highest BCUT2D eigenvalue weighted by atomic mass is 16.6. The maximum atomic E-state index is 12.0. The first-order valence-electron chi connectivity index (χ1n) is 7.16. The van der Waals surface area contributed by atoms with Crippen molar-refractivity contribution in [2.75, 3.05) is 0 Å². The number of carboxylic acids is 1. The number of rotatable bonds is 5. The molecule has 0 aromatic carbocycles. The zero-order chi connectivity index (χ0) is 14.6. The molecule has 0 aliphatic heterocycles. The molecule has 0 amide bonds. The maximum Gasteiger partial charge on any atom is 0.310 e. The van der Waals surface area contributed by atoms with E-state index in [9.17, 15) is 14.7 Å². The minimum absolute atomic E-state index is 0.405. The number of carboxylic acid groups (broad SMARTS) is 1. The van der Waals surface area contributed by atoms with Crippen molar-refractivity contribution in [1.29, 1.82) is 0 Å². The molecule has 0 radical (unpaired) electrons. The van der Waals surface area contributed by atoms with Gasteiger partial charge in [0.05, 0.1) is 11.8 Å². The van der Waals surface area contributed by atoms with Crippen molar-refractivity contribution >= 4 is 11.9 Å². The van der Waals surface area contributed by atoms with Crippen molar-refractivity contribution in [3.05, 3.63) is 0 Å². The van der Waals surface area contributed by atoms with Gasteiger partial charge < -0.3 is 9.84 Å². The van der Waals surface area contributed by atoms with Gasteiger partial charge in [0.15, 0.2) is 0 Å². The van der Waals surface area contributed by atoms with E-state index in [4.69, 9.17) is 4.74 Å². The quantitative estimate of drug-likeness (QED) is 0.779. The first kappa shape index (κ1) is 16.0. The highest BCUT2D eigenvalue weighted by Crippen LogP contribution is 2.33. The Hall–Kier alpha value is -1.06. The summed E-state index contributed by atoms with van der Waals surface area (Å²) in [6, 6.07) is 0. The Morgan fingerprint density at radius 2 is 1.79 bits per heavy atom. The van der Waals surface area contributed by atoms with Gasteiger partial charge in [-0.1, -0.05) is 32.6 Å². The average molecular weight is 270 g/mol. The molecule has 4 heteroatoms. The van der Waals surface area contributed by atoms with E-state index in [2.05, 4.69) is 0 Å². The first-order valence-corrected chi connectivity index (χ1v) is 7.16. The molecule has 19 heavy (non-hydrogen) atoms. The molecular weight excluding hydrogens is 244 g/mol. The summed E-state index contributed by atoms with van der Waals surface area (Å²) in [5, 5.41) is 9.34. The van der Waals surface area contributed by atoms with Crippen LogP contribution in [0.2, 0.25) is 0 Å². The minimum atomic E-state index is -0.884. The molecule has 1 aliphatic rings. The second kappa shape index (κ2) is 6.40. The van der Waals surface area contributed by atoms with Gasteiger partial charge in [-0.25, -0.2) is 0 Å². The summed E-state index contributed by atoms with van der Waals surface area (Å²) in [5.74, 6) is -2.05. The van der Waals surface area contributed by atoms with Crippen molar-refractivity contribution in [2.45, 2.75) is 65.4 Å². The van der Waals surface area contributed by atoms with Gasteiger partial charge in [0.1, 0.15) is 5.60 Å². The van der Waals surface area contributed by atoms with Crippen molar-refractivity contribution in [2.24, 2.45) is 17.8 Å². The van der Waals surface area contributed by atoms with Crippen LogP contribution in [0.5, 0.6) is 0 Å². The highest BCUT2D eigenvalue weighted by molar-refractivity contribution is 5.81. The third-order valence-electron chi connectivity index (χ3n) is 3.76. The van der Waals surface area contributed by atoms with Gasteiger partial charge in [0.2, 0.25) is 0 Å². The van der Waals surface area contributed by atoms with E-state index < -0.39 is 29.4 Å². The Labute approximate surface area is 115 Å². The molecule has 0 aromatic heterocycles. The number of carbonyl (C=O) groups excluding carboxylic acids is 1. The molecule has 110 valence electrons. The molecule has 1 saturated carbocycles. The van der Waals surface area contributed by atoms with Crippen LogP contribution in [-0.4, -0.2) is 22.6 Å². The monoisotopic (exact) mass is 270 g/mol. The number of aliphatic carboxylic acids is 1. The number of esters is 1. The van der Waals surface area contributed by atoms with E-state index >= 15 is 0 Å². The molecule has 0 aromatic rings. The van der Waals surface area contributed by atoms with Crippen LogP contribution in [0.15, 0.2) is 0 Å². The largest absolute Gasteiger partial charge is 0.481 e. The molecule has 1 N–H and O–H groups in total. The summed E-state index contributed by atoms with van der Waals surface area (Å²) < 4.78 is 5.29. The summed E-state index contributed by atoms with van der Waals surface area (Å²) in [5.41, 5.74) is -0.568. The van der Waals surface area contributed by atoms with Crippen molar-refractivity contribution < 1.29 is 19.4 Å². The summed E-state index contributed by atoms with van der Waals surface area (Å²) in [4.78, 5) is 23.4. The van der Waals surface area contributed by atoms with Crippen LogP contribution in [0.4, 0.5) is 0 Å². The van der Waals surface area contributed by atoms with Gasteiger partial charge in [-0.3, -0.25) is 9.59 Å². The fourth-order valence-corrected chi connectivity index (χ4v) is 2.68. The minimum Gasteiger partial charge on any atom is -0.481 e. The van der Waals surface area contributed by atoms with Crippen LogP contribution in [0.3, 0.4) is 0 Å². The van der Waals surface area contributed by atoms with E-state index in [1.807, 2.05) is 0 Å². The summed E-state index contributed by atoms with van der Waals surface area (Å²) in [7, 11) is 0. The number of ether oxygens (including phenoxy) is 1. The van der Waals surface area contributed by atoms with Crippen LogP contribution in [-0.2, 0) is 14.3 Å². The Kier molecular flexibility index (Phi) is 5.39. The second-order valence-corrected chi connectivity index (χ2v) is 6.65. The molecule has 0 spiro atoms. The predicted octanol–water partition coefficient (Wildman–Crippen LogP) is 3.25. The van der Waals surface area contributed by atoms with E-state index in [0.29, 0.717) is 12.3 Å². The molecular formula is C15H26O4. The SMILES string of the molecule is C[C@@H](C(=O)OC(C)(C)C)[C@@H](CC1CCCC1)C(=O)O. The standard InChI is InChI=1S/C15H26O4/c1-10(14(18)19-15(2,3)4)12(13(16)17)9-11-7-5-6-8-11/h10-12H,5-9H2,1-4H3,(H,16,17)/t10-,12-/m1/s1. The van der Waals surface area contributed by atoms with Crippen LogP contribution < -0.4 is 0 Å². The Morgan fingerprint density at radius 3 is 2.21 bits per heavy atom. The van der Waals surface area contributed by atoms with Gasteiger partial charge in [-0.2, -0.15) is 0 Å².